The van der Waals surface area contributed by atoms with E-state index in [4.69, 9.17) is 10.9 Å². The monoisotopic (exact) mass is 303 g/mol. The molecule has 4 N–H and O–H groups in total. The molecule has 0 radical (unpaired) electrons. The highest BCUT2D eigenvalue weighted by molar-refractivity contribution is 7.10. The molecule has 0 amide bonds. The van der Waals surface area contributed by atoms with Crippen molar-refractivity contribution in [1.29, 1.82) is 0 Å². The number of hydrogen-bond acceptors (Lipinski definition) is 4. The van der Waals surface area contributed by atoms with Crippen LogP contribution in [0.4, 0.5) is 0 Å². The molecule has 5 heteroatoms. The Morgan fingerprint density at radius 2 is 2.00 bits per heavy atom. The van der Waals surface area contributed by atoms with Gasteiger partial charge < -0.3 is 16.3 Å². The summed E-state index contributed by atoms with van der Waals surface area (Å²) in [4.78, 5) is 1.30. The summed E-state index contributed by atoms with van der Waals surface area (Å²) >= 11 is 1.74. The standard InChI is InChI=1S/C16H21N3OS/c1-2-13(15-9-6-10-21-15)18-14(11-16(17)19-20)12-7-4-3-5-8-12/h3-10,13-14,18,20H,2,11H2,1H3,(H2,17,19). The first-order valence-electron chi connectivity index (χ1n) is 7.05. The van der Waals surface area contributed by atoms with Crippen LogP contribution in [0.1, 0.15) is 42.3 Å². The molecule has 0 fully saturated rings. The van der Waals surface area contributed by atoms with Gasteiger partial charge in [0, 0.05) is 23.4 Å². The second kappa shape index (κ2) is 7.81. The lowest BCUT2D eigenvalue weighted by atomic mass is 10.0. The van der Waals surface area contributed by atoms with Crippen molar-refractivity contribution in [2.75, 3.05) is 0 Å². The zero-order valence-corrected chi connectivity index (χ0v) is 12.9. The van der Waals surface area contributed by atoms with Crippen molar-refractivity contribution < 1.29 is 5.21 Å². The van der Waals surface area contributed by atoms with Gasteiger partial charge in [0.2, 0.25) is 0 Å². The van der Waals surface area contributed by atoms with Crippen LogP contribution in [0.2, 0.25) is 0 Å². The molecule has 21 heavy (non-hydrogen) atoms. The van der Waals surface area contributed by atoms with Crippen LogP contribution in [0.15, 0.2) is 53.0 Å². The molecule has 2 rings (SSSR count). The summed E-state index contributed by atoms with van der Waals surface area (Å²) in [5.41, 5.74) is 6.85. The number of amidine groups is 1. The lowest BCUT2D eigenvalue weighted by Crippen LogP contribution is -2.29. The Balaban J connectivity index is 2.19. The van der Waals surface area contributed by atoms with Gasteiger partial charge in [0.15, 0.2) is 0 Å². The van der Waals surface area contributed by atoms with E-state index in [1.165, 1.54) is 4.88 Å². The van der Waals surface area contributed by atoms with Crippen molar-refractivity contribution in [3.05, 3.63) is 58.3 Å². The topological polar surface area (TPSA) is 70.6 Å². The summed E-state index contributed by atoms with van der Waals surface area (Å²) in [6.07, 6.45) is 1.46. The highest BCUT2D eigenvalue weighted by atomic mass is 32.1. The molecule has 2 unspecified atom stereocenters. The first-order valence-corrected chi connectivity index (χ1v) is 7.93. The Morgan fingerprint density at radius 1 is 1.24 bits per heavy atom. The van der Waals surface area contributed by atoms with Gasteiger partial charge in [-0.05, 0) is 23.4 Å². The minimum atomic E-state index is 0.0224. The number of nitrogens with one attached hydrogen (secondary N) is 1. The summed E-state index contributed by atoms with van der Waals surface area (Å²) in [6.45, 7) is 2.16. The van der Waals surface area contributed by atoms with Gasteiger partial charge in [0.25, 0.3) is 0 Å². The Hall–Kier alpha value is -1.85. The number of oxime groups is 1. The van der Waals surface area contributed by atoms with Crippen LogP contribution in [0.25, 0.3) is 0 Å². The van der Waals surface area contributed by atoms with E-state index in [1.807, 2.05) is 18.2 Å². The summed E-state index contributed by atoms with van der Waals surface area (Å²) in [5.74, 6) is 0.234. The second-order valence-corrected chi connectivity index (χ2v) is 5.88. The normalized spacial score (nSPS) is 14.8. The molecule has 1 aromatic carbocycles. The third-order valence-electron chi connectivity index (χ3n) is 3.44. The number of nitrogens with two attached hydrogens (primary N) is 1. The van der Waals surface area contributed by atoms with E-state index in [0.29, 0.717) is 6.42 Å². The summed E-state index contributed by atoms with van der Waals surface area (Å²) in [7, 11) is 0. The van der Waals surface area contributed by atoms with Gasteiger partial charge in [-0.1, -0.05) is 48.5 Å². The third-order valence-corrected chi connectivity index (χ3v) is 4.43. The Bertz CT molecular complexity index is 554. The van der Waals surface area contributed by atoms with Crippen molar-refractivity contribution in [3.63, 3.8) is 0 Å². The first kappa shape index (κ1) is 15.5. The zero-order valence-electron chi connectivity index (χ0n) is 12.1. The fourth-order valence-electron chi connectivity index (χ4n) is 2.34. The van der Waals surface area contributed by atoms with Crippen LogP contribution in [0.5, 0.6) is 0 Å². The van der Waals surface area contributed by atoms with Crippen molar-refractivity contribution in [1.82, 2.24) is 5.32 Å². The number of rotatable bonds is 7. The van der Waals surface area contributed by atoms with Gasteiger partial charge in [0.1, 0.15) is 5.84 Å². The van der Waals surface area contributed by atoms with E-state index in [2.05, 4.69) is 47.0 Å². The molecular weight excluding hydrogens is 282 g/mol. The maximum Gasteiger partial charge on any atom is 0.141 e. The van der Waals surface area contributed by atoms with Gasteiger partial charge in [-0.2, -0.15) is 0 Å². The molecule has 0 spiro atoms. The molecular formula is C16H21N3OS. The van der Waals surface area contributed by atoms with Crippen LogP contribution >= 0.6 is 11.3 Å². The fourth-order valence-corrected chi connectivity index (χ4v) is 3.21. The van der Waals surface area contributed by atoms with Gasteiger partial charge in [-0.25, -0.2) is 0 Å². The second-order valence-electron chi connectivity index (χ2n) is 4.90. The van der Waals surface area contributed by atoms with E-state index in [0.717, 1.165) is 12.0 Å². The molecule has 1 aromatic heterocycles. The molecule has 2 atom stereocenters. The van der Waals surface area contributed by atoms with E-state index >= 15 is 0 Å². The van der Waals surface area contributed by atoms with Gasteiger partial charge in [0.05, 0.1) is 0 Å². The quantitative estimate of drug-likeness (QED) is 0.316. The molecule has 0 saturated carbocycles. The number of hydrogen-bond donors (Lipinski definition) is 3. The van der Waals surface area contributed by atoms with Gasteiger partial charge >= 0.3 is 0 Å². The molecule has 2 aromatic rings. The predicted octanol–water partition coefficient (Wildman–Crippen LogP) is 3.67. The molecule has 0 bridgehead atoms. The molecule has 4 nitrogen and oxygen atoms in total. The van der Waals surface area contributed by atoms with Gasteiger partial charge in [-0.15, -0.1) is 11.3 Å². The lowest BCUT2D eigenvalue weighted by Gasteiger charge is -2.24. The molecule has 112 valence electrons. The SMILES string of the molecule is CCC(NC(CC(N)=NO)c1ccccc1)c1cccs1. The largest absolute Gasteiger partial charge is 0.409 e. The van der Waals surface area contributed by atoms with Gasteiger partial charge in [-0.3, -0.25) is 0 Å². The molecule has 0 aliphatic heterocycles. The number of thiophene rings is 1. The zero-order chi connectivity index (χ0) is 15.1. The Labute approximate surface area is 129 Å². The van der Waals surface area contributed by atoms with Crippen molar-refractivity contribution in [2.24, 2.45) is 10.9 Å². The highest BCUT2D eigenvalue weighted by Gasteiger charge is 2.19. The molecule has 0 aliphatic carbocycles. The van der Waals surface area contributed by atoms with Crippen molar-refractivity contribution in [2.45, 2.75) is 31.8 Å². The molecule has 0 aliphatic rings. The molecule has 0 saturated heterocycles. The van der Waals surface area contributed by atoms with E-state index in [-0.39, 0.29) is 17.9 Å². The first-order chi connectivity index (χ1) is 10.2. The summed E-state index contributed by atoms with van der Waals surface area (Å²) in [6, 6.07) is 14.6. The highest BCUT2D eigenvalue weighted by Crippen LogP contribution is 2.27. The summed E-state index contributed by atoms with van der Waals surface area (Å²) < 4.78 is 0. The maximum absolute atomic E-state index is 8.84. The minimum absolute atomic E-state index is 0.0224. The van der Waals surface area contributed by atoms with Crippen LogP contribution in [-0.2, 0) is 0 Å². The average Bonchev–Trinajstić information content (AvgIpc) is 3.06. The smallest absolute Gasteiger partial charge is 0.141 e. The minimum Gasteiger partial charge on any atom is -0.409 e. The lowest BCUT2D eigenvalue weighted by molar-refractivity contribution is 0.315. The van der Waals surface area contributed by atoms with Crippen LogP contribution in [0, 0.1) is 0 Å². The van der Waals surface area contributed by atoms with Crippen molar-refractivity contribution in [3.8, 4) is 0 Å². The number of benzene rings is 1. The Morgan fingerprint density at radius 3 is 2.57 bits per heavy atom. The van der Waals surface area contributed by atoms with Crippen LogP contribution in [-0.4, -0.2) is 11.0 Å². The predicted molar refractivity (Wildman–Crippen MR) is 87.7 cm³/mol. The summed E-state index contributed by atoms with van der Waals surface area (Å²) in [5, 5.41) is 17.7. The van der Waals surface area contributed by atoms with E-state index in [1.54, 1.807) is 11.3 Å². The van der Waals surface area contributed by atoms with Crippen LogP contribution in [0.3, 0.4) is 0 Å². The maximum atomic E-state index is 8.84. The van der Waals surface area contributed by atoms with E-state index < -0.39 is 0 Å². The third kappa shape index (κ3) is 4.31. The average molecular weight is 303 g/mol. The van der Waals surface area contributed by atoms with Crippen LogP contribution < -0.4 is 11.1 Å². The molecule has 1 heterocycles. The Kier molecular flexibility index (Phi) is 5.78. The van der Waals surface area contributed by atoms with E-state index in [9.17, 15) is 0 Å². The number of nitrogens with zero attached hydrogens (tertiary/aromatic N) is 1. The fraction of sp³-hybridized carbons (Fsp3) is 0.312. The van der Waals surface area contributed by atoms with Crippen molar-refractivity contribution >= 4 is 17.2 Å².